The van der Waals surface area contributed by atoms with Crippen LogP contribution in [0.15, 0.2) is 42.5 Å². The van der Waals surface area contributed by atoms with Crippen LogP contribution in [0.1, 0.15) is 25.3 Å². The van der Waals surface area contributed by atoms with Crippen LogP contribution in [0.5, 0.6) is 0 Å². The molecule has 0 bridgehead atoms. The molecule has 0 aromatic heterocycles. The van der Waals surface area contributed by atoms with Gasteiger partial charge in [0.05, 0.1) is 6.61 Å². The van der Waals surface area contributed by atoms with E-state index < -0.39 is 5.41 Å². The van der Waals surface area contributed by atoms with Crippen LogP contribution in [0, 0.1) is 0 Å². The first kappa shape index (κ1) is 12.8. The summed E-state index contributed by atoms with van der Waals surface area (Å²) in [6, 6.07) is 9.38. The highest BCUT2D eigenvalue weighted by Gasteiger charge is 2.46. The molecule has 0 spiro atoms. The maximum atomic E-state index is 12.4. The summed E-state index contributed by atoms with van der Waals surface area (Å²) in [6.45, 7) is 2.20. The number of esters is 1. The maximum absolute atomic E-state index is 12.4. The second-order valence-corrected chi connectivity index (χ2v) is 4.55. The van der Waals surface area contributed by atoms with Crippen LogP contribution in [-0.2, 0) is 14.9 Å². The van der Waals surface area contributed by atoms with E-state index in [1.165, 1.54) is 0 Å². The van der Waals surface area contributed by atoms with Gasteiger partial charge in [-0.15, -0.1) is 0 Å². The summed E-state index contributed by atoms with van der Waals surface area (Å²) >= 11 is 0. The lowest BCUT2D eigenvalue weighted by molar-refractivity contribution is -0.151. The number of carbonyl (C=O) groups is 1. The van der Waals surface area contributed by atoms with Gasteiger partial charge in [0, 0.05) is 6.04 Å². The lowest BCUT2D eigenvalue weighted by Gasteiger charge is -2.37. The molecule has 0 amide bonds. The van der Waals surface area contributed by atoms with E-state index in [-0.39, 0.29) is 12.0 Å². The maximum Gasteiger partial charge on any atom is 0.318 e. The van der Waals surface area contributed by atoms with E-state index >= 15 is 0 Å². The van der Waals surface area contributed by atoms with Gasteiger partial charge in [0.25, 0.3) is 0 Å². The Morgan fingerprint density at radius 3 is 2.78 bits per heavy atom. The standard InChI is InChI=1S/C15H19NO2/c1-2-18-14(17)15(11-7-6-10-13(15)16)12-8-4-3-5-9-12/h3-6,8-10,13H,2,7,11,16H2,1H3/t13-,15+/m0/s1. The molecule has 1 aromatic carbocycles. The Morgan fingerprint density at radius 2 is 2.17 bits per heavy atom. The third kappa shape index (κ3) is 2.06. The van der Waals surface area contributed by atoms with E-state index in [9.17, 15) is 4.79 Å². The van der Waals surface area contributed by atoms with Crippen LogP contribution in [0.25, 0.3) is 0 Å². The van der Waals surface area contributed by atoms with Crippen LogP contribution in [-0.4, -0.2) is 18.6 Å². The lowest BCUT2D eigenvalue weighted by Crippen LogP contribution is -2.52. The van der Waals surface area contributed by atoms with Gasteiger partial charge in [0.2, 0.25) is 0 Å². The summed E-state index contributed by atoms with van der Waals surface area (Å²) in [6.07, 6.45) is 5.49. The van der Waals surface area contributed by atoms with Crippen molar-refractivity contribution in [3.05, 3.63) is 48.0 Å². The Morgan fingerprint density at radius 1 is 1.44 bits per heavy atom. The predicted molar refractivity (Wildman–Crippen MR) is 71.1 cm³/mol. The van der Waals surface area contributed by atoms with Crippen molar-refractivity contribution >= 4 is 5.97 Å². The van der Waals surface area contributed by atoms with E-state index in [0.717, 1.165) is 12.0 Å². The SMILES string of the molecule is CCOC(=O)[C@@]1(c2ccccc2)CCC=C[C@@H]1N. The average molecular weight is 245 g/mol. The number of rotatable bonds is 3. The number of nitrogens with two attached hydrogens (primary N) is 1. The van der Waals surface area contributed by atoms with Gasteiger partial charge in [-0.1, -0.05) is 42.5 Å². The Labute approximate surface area is 108 Å². The van der Waals surface area contributed by atoms with Crippen LogP contribution < -0.4 is 5.73 Å². The van der Waals surface area contributed by atoms with Gasteiger partial charge in [0.1, 0.15) is 5.41 Å². The minimum Gasteiger partial charge on any atom is -0.465 e. The molecule has 0 saturated carbocycles. The molecular weight excluding hydrogens is 226 g/mol. The Bertz CT molecular complexity index is 441. The molecule has 2 rings (SSSR count). The van der Waals surface area contributed by atoms with E-state index in [1.807, 2.05) is 49.4 Å². The zero-order chi connectivity index (χ0) is 13.0. The van der Waals surface area contributed by atoms with Crippen molar-refractivity contribution in [2.45, 2.75) is 31.2 Å². The first-order valence-electron chi connectivity index (χ1n) is 6.37. The van der Waals surface area contributed by atoms with Crippen LogP contribution in [0.3, 0.4) is 0 Å². The molecule has 2 atom stereocenters. The van der Waals surface area contributed by atoms with Crippen molar-refractivity contribution in [1.29, 1.82) is 0 Å². The van der Waals surface area contributed by atoms with Crippen molar-refractivity contribution in [3.63, 3.8) is 0 Å². The van der Waals surface area contributed by atoms with E-state index in [4.69, 9.17) is 10.5 Å². The van der Waals surface area contributed by atoms with Gasteiger partial charge < -0.3 is 10.5 Å². The summed E-state index contributed by atoms with van der Waals surface area (Å²) in [5.74, 6) is -0.215. The van der Waals surface area contributed by atoms with E-state index in [0.29, 0.717) is 13.0 Å². The highest BCUT2D eigenvalue weighted by molar-refractivity contribution is 5.85. The van der Waals surface area contributed by atoms with Crippen molar-refractivity contribution in [2.75, 3.05) is 6.61 Å². The molecule has 0 fully saturated rings. The fraction of sp³-hybridized carbons (Fsp3) is 0.400. The van der Waals surface area contributed by atoms with Crippen LogP contribution in [0.2, 0.25) is 0 Å². The van der Waals surface area contributed by atoms with Gasteiger partial charge in [0.15, 0.2) is 0 Å². The fourth-order valence-electron chi connectivity index (χ4n) is 2.57. The van der Waals surface area contributed by atoms with Crippen molar-refractivity contribution in [2.24, 2.45) is 5.73 Å². The number of ether oxygens (including phenoxy) is 1. The molecule has 1 aliphatic carbocycles. The average Bonchev–Trinajstić information content (AvgIpc) is 2.41. The molecular formula is C15H19NO2. The third-order valence-corrected chi connectivity index (χ3v) is 3.55. The summed E-state index contributed by atoms with van der Waals surface area (Å²) in [5, 5.41) is 0. The summed E-state index contributed by atoms with van der Waals surface area (Å²) in [7, 11) is 0. The highest BCUT2D eigenvalue weighted by Crippen LogP contribution is 2.37. The molecule has 0 radical (unpaired) electrons. The van der Waals surface area contributed by atoms with Crippen LogP contribution >= 0.6 is 0 Å². The minimum absolute atomic E-state index is 0.215. The molecule has 3 nitrogen and oxygen atoms in total. The number of hydrogen-bond donors (Lipinski definition) is 1. The van der Waals surface area contributed by atoms with Crippen molar-refractivity contribution in [1.82, 2.24) is 0 Å². The van der Waals surface area contributed by atoms with Crippen LogP contribution in [0.4, 0.5) is 0 Å². The number of hydrogen-bond acceptors (Lipinski definition) is 3. The van der Waals surface area contributed by atoms with Gasteiger partial charge in [-0.05, 0) is 25.3 Å². The summed E-state index contributed by atoms with van der Waals surface area (Å²) in [5.41, 5.74) is 6.40. The largest absolute Gasteiger partial charge is 0.465 e. The first-order chi connectivity index (χ1) is 8.71. The molecule has 18 heavy (non-hydrogen) atoms. The van der Waals surface area contributed by atoms with Gasteiger partial charge in [-0.3, -0.25) is 4.79 Å². The first-order valence-corrected chi connectivity index (χ1v) is 6.37. The predicted octanol–water partition coefficient (Wildman–Crippen LogP) is 2.16. The monoisotopic (exact) mass is 245 g/mol. The second kappa shape index (κ2) is 5.36. The topological polar surface area (TPSA) is 52.3 Å². The second-order valence-electron chi connectivity index (χ2n) is 4.55. The normalized spacial score (nSPS) is 26.9. The van der Waals surface area contributed by atoms with Crippen molar-refractivity contribution in [3.8, 4) is 0 Å². The molecule has 1 aliphatic rings. The molecule has 96 valence electrons. The molecule has 2 N–H and O–H groups in total. The third-order valence-electron chi connectivity index (χ3n) is 3.55. The van der Waals surface area contributed by atoms with Gasteiger partial charge in [-0.25, -0.2) is 0 Å². The zero-order valence-corrected chi connectivity index (χ0v) is 10.6. The minimum atomic E-state index is -0.730. The zero-order valence-electron chi connectivity index (χ0n) is 10.6. The Kier molecular flexibility index (Phi) is 3.82. The van der Waals surface area contributed by atoms with Gasteiger partial charge >= 0.3 is 5.97 Å². The Hall–Kier alpha value is -1.61. The fourth-order valence-corrected chi connectivity index (χ4v) is 2.57. The molecule has 0 heterocycles. The number of carbonyl (C=O) groups excluding carboxylic acids is 1. The molecule has 3 heteroatoms. The molecule has 0 saturated heterocycles. The quantitative estimate of drug-likeness (QED) is 0.656. The number of benzene rings is 1. The number of allylic oxidation sites excluding steroid dienone is 1. The van der Waals surface area contributed by atoms with E-state index in [2.05, 4.69) is 0 Å². The van der Waals surface area contributed by atoms with Gasteiger partial charge in [-0.2, -0.15) is 0 Å². The highest BCUT2D eigenvalue weighted by atomic mass is 16.5. The van der Waals surface area contributed by atoms with Crippen molar-refractivity contribution < 1.29 is 9.53 Å². The Balaban J connectivity index is 2.46. The lowest BCUT2D eigenvalue weighted by atomic mass is 9.69. The van der Waals surface area contributed by atoms with E-state index in [1.54, 1.807) is 0 Å². The smallest absolute Gasteiger partial charge is 0.318 e. The molecule has 0 unspecified atom stereocenters. The molecule has 0 aliphatic heterocycles. The molecule has 1 aromatic rings. The summed E-state index contributed by atoms with van der Waals surface area (Å²) in [4.78, 5) is 12.4. The summed E-state index contributed by atoms with van der Waals surface area (Å²) < 4.78 is 5.26.